The maximum absolute atomic E-state index is 10.5. The summed E-state index contributed by atoms with van der Waals surface area (Å²) in [5, 5.41) is 10.5. The number of aliphatic hydroxyl groups excluding tert-OH is 1. The van der Waals surface area contributed by atoms with Crippen molar-refractivity contribution < 1.29 is 5.11 Å². The number of benzene rings is 1. The average molecular weight is 246 g/mol. The van der Waals surface area contributed by atoms with Crippen LogP contribution in [0.4, 0.5) is 0 Å². The Morgan fingerprint density at radius 1 is 1.22 bits per heavy atom. The molecule has 3 atom stereocenters. The van der Waals surface area contributed by atoms with Crippen molar-refractivity contribution >= 4 is 0 Å². The predicted octanol–water partition coefficient (Wildman–Crippen LogP) is 1.28. The first-order valence-corrected chi connectivity index (χ1v) is 6.87. The highest BCUT2D eigenvalue weighted by atomic mass is 16.3. The number of nitrogens with zero attached hydrogens (tertiary/aromatic N) is 2. The monoisotopic (exact) mass is 246 g/mol. The van der Waals surface area contributed by atoms with Crippen LogP contribution in [0.5, 0.6) is 0 Å². The Morgan fingerprint density at radius 2 is 2.00 bits per heavy atom. The molecule has 0 bridgehead atoms. The van der Waals surface area contributed by atoms with Gasteiger partial charge in [0, 0.05) is 31.7 Å². The maximum Gasteiger partial charge on any atom is 0.0951 e. The lowest BCUT2D eigenvalue weighted by molar-refractivity contribution is 0.00277. The Morgan fingerprint density at radius 3 is 2.72 bits per heavy atom. The second-order valence-corrected chi connectivity index (χ2v) is 5.76. The van der Waals surface area contributed by atoms with Crippen LogP contribution in [-0.4, -0.2) is 53.7 Å². The van der Waals surface area contributed by atoms with Gasteiger partial charge in [-0.3, -0.25) is 4.90 Å². The van der Waals surface area contributed by atoms with Crippen LogP contribution in [0.3, 0.4) is 0 Å². The topological polar surface area (TPSA) is 26.7 Å². The van der Waals surface area contributed by atoms with Crippen LogP contribution >= 0.6 is 0 Å². The Bertz CT molecular complexity index is 434. The molecule has 18 heavy (non-hydrogen) atoms. The fourth-order valence-corrected chi connectivity index (χ4v) is 3.50. The minimum absolute atomic E-state index is 0.270. The molecule has 3 nitrogen and oxygen atoms in total. The molecule has 1 aromatic carbocycles. The van der Waals surface area contributed by atoms with E-state index in [4.69, 9.17) is 0 Å². The highest BCUT2D eigenvalue weighted by Gasteiger charge is 2.38. The fourth-order valence-electron chi connectivity index (χ4n) is 3.50. The van der Waals surface area contributed by atoms with Crippen LogP contribution in [0.25, 0.3) is 0 Å². The molecule has 0 radical (unpaired) electrons. The molecule has 0 spiro atoms. The third-order valence-corrected chi connectivity index (χ3v) is 4.48. The normalized spacial score (nSPS) is 33.6. The van der Waals surface area contributed by atoms with Crippen LogP contribution in [0.1, 0.15) is 24.2 Å². The Labute approximate surface area is 109 Å². The van der Waals surface area contributed by atoms with Gasteiger partial charge in [0.2, 0.25) is 0 Å². The van der Waals surface area contributed by atoms with Gasteiger partial charge in [0.05, 0.1) is 6.10 Å². The molecule has 1 N–H and O–H groups in total. The van der Waals surface area contributed by atoms with Crippen molar-refractivity contribution in [1.82, 2.24) is 9.80 Å². The number of rotatable bonds is 1. The van der Waals surface area contributed by atoms with Crippen molar-refractivity contribution in [1.29, 1.82) is 0 Å². The van der Waals surface area contributed by atoms with E-state index in [0.717, 1.165) is 31.6 Å². The highest BCUT2D eigenvalue weighted by molar-refractivity contribution is 5.36. The molecule has 3 unspecified atom stereocenters. The molecule has 98 valence electrons. The molecule has 0 aromatic heterocycles. The van der Waals surface area contributed by atoms with Crippen LogP contribution in [0, 0.1) is 0 Å². The van der Waals surface area contributed by atoms with Gasteiger partial charge >= 0.3 is 0 Å². The summed E-state index contributed by atoms with van der Waals surface area (Å²) in [6.07, 6.45) is 0.679. The van der Waals surface area contributed by atoms with Gasteiger partial charge in [-0.1, -0.05) is 24.3 Å². The SMILES string of the molecule is CC1CN(C)CCN1C1Cc2ccccc2C1O. The van der Waals surface area contributed by atoms with E-state index < -0.39 is 0 Å². The zero-order valence-corrected chi connectivity index (χ0v) is 11.2. The van der Waals surface area contributed by atoms with Crippen molar-refractivity contribution in [2.75, 3.05) is 26.7 Å². The number of likely N-dealkylation sites (N-methyl/N-ethyl adjacent to an activating group) is 1. The molecule has 0 saturated carbocycles. The van der Waals surface area contributed by atoms with Crippen molar-refractivity contribution in [2.45, 2.75) is 31.5 Å². The first-order valence-electron chi connectivity index (χ1n) is 6.87. The van der Waals surface area contributed by atoms with E-state index in [9.17, 15) is 5.11 Å². The van der Waals surface area contributed by atoms with Gasteiger partial charge in [0.15, 0.2) is 0 Å². The van der Waals surface area contributed by atoms with E-state index >= 15 is 0 Å². The van der Waals surface area contributed by atoms with E-state index in [1.807, 2.05) is 6.07 Å². The van der Waals surface area contributed by atoms with Gasteiger partial charge < -0.3 is 10.0 Å². The summed E-state index contributed by atoms with van der Waals surface area (Å²) in [5.74, 6) is 0. The minimum Gasteiger partial charge on any atom is -0.387 e. The summed E-state index contributed by atoms with van der Waals surface area (Å²) >= 11 is 0. The zero-order valence-electron chi connectivity index (χ0n) is 11.2. The lowest BCUT2D eigenvalue weighted by atomic mass is 10.1. The van der Waals surface area contributed by atoms with Crippen molar-refractivity contribution in [2.24, 2.45) is 0 Å². The van der Waals surface area contributed by atoms with E-state index in [1.165, 1.54) is 5.56 Å². The van der Waals surface area contributed by atoms with Gasteiger partial charge in [-0.2, -0.15) is 0 Å². The van der Waals surface area contributed by atoms with Gasteiger partial charge in [-0.15, -0.1) is 0 Å². The molecule has 1 aliphatic heterocycles. The van der Waals surface area contributed by atoms with Crippen LogP contribution in [-0.2, 0) is 6.42 Å². The molecule has 1 fully saturated rings. The van der Waals surface area contributed by atoms with Gasteiger partial charge in [-0.05, 0) is 31.5 Å². The Hall–Kier alpha value is -0.900. The first-order chi connectivity index (χ1) is 8.66. The summed E-state index contributed by atoms with van der Waals surface area (Å²) in [5.41, 5.74) is 2.45. The van der Waals surface area contributed by atoms with Crippen LogP contribution in [0.15, 0.2) is 24.3 Å². The number of piperazine rings is 1. The standard InChI is InChI=1S/C15H22N2O/c1-11-10-16(2)7-8-17(11)14-9-12-5-3-4-6-13(12)15(14)18/h3-6,11,14-15,18H,7-10H2,1-2H3. The van der Waals surface area contributed by atoms with E-state index in [1.54, 1.807) is 0 Å². The van der Waals surface area contributed by atoms with Crippen molar-refractivity contribution in [3.63, 3.8) is 0 Å². The summed E-state index contributed by atoms with van der Waals surface area (Å²) in [4.78, 5) is 4.86. The number of fused-ring (bicyclic) bond motifs is 1. The molecular weight excluding hydrogens is 224 g/mol. The first kappa shape index (κ1) is 12.2. The van der Waals surface area contributed by atoms with E-state index in [2.05, 4.69) is 42.0 Å². The van der Waals surface area contributed by atoms with E-state index in [-0.39, 0.29) is 12.1 Å². The third-order valence-electron chi connectivity index (χ3n) is 4.48. The van der Waals surface area contributed by atoms with E-state index in [0.29, 0.717) is 6.04 Å². The maximum atomic E-state index is 10.5. The molecule has 1 aliphatic carbocycles. The zero-order chi connectivity index (χ0) is 12.7. The predicted molar refractivity (Wildman–Crippen MR) is 72.6 cm³/mol. The second kappa shape index (κ2) is 4.65. The second-order valence-electron chi connectivity index (χ2n) is 5.76. The fraction of sp³-hybridized carbons (Fsp3) is 0.600. The number of hydrogen-bond acceptors (Lipinski definition) is 3. The molecule has 0 amide bonds. The van der Waals surface area contributed by atoms with Crippen LogP contribution < -0.4 is 0 Å². The molecule has 2 aliphatic rings. The summed E-state index contributed by atoms with van der Waals surface area (Å²) in [6, 6.07) is 9.11. The molecule has 1 heterocycles. The minimum atomic E-state index is -0.313. The quantitative estimate of drug-likeness (QED) is 0.808. The lowest BCUT2D eigenvalue weighted by Gasteiger charge is -2.42. The number of hydrogen-bond donors (Lipinski definition) is 1. The molecule has 3 heteroatoms. The smallest absolute Gasteiger partial charge is 0.0951 e. The van der Waals surface area contributed by atoms with Gasteiger partial charge in [0.1, 0.15) is 0 Å². The summed E-state index contributed by atoms with van der Waals surface area (Å²) in [6.45, 7) is 5.53. The number of aliphatic hydroxyl groups is 1. The largest absolute Gasteiger partial charge is 0.387 e. The molecular formula is C15H22N2O. The lowest BCUT2D eigenvalue weighted by Crippen LogP contribution is -2.55. The summed E-state index contributed by atoms with van der Waals surface area (Å²) in [7, 11) is 2.17. The van der Waals surface area contributed by atoms with Crippen LogP contribution in [0.2, 0.25) is 0 Å². The Balaban J connectivity index is 1.80. The average Bonchev–Trinajstić information content (AvgIpc) is 2.68. The third kappa shape index (κ3) is 1.96. The highest BCUT2D eigenvalue weighted by Crippen LogP contribution is 2.35. The summed E-state index contributed by atoms with van der Waals surface area (Å²) < 4.78 is 0. The molecule has 3 rings (SSSR count). The van der Waals surface area contributed by atoms with Gasteiger partial charge in [0.25, 0.3) is 0 Å². The molecule has 1 saturated heterocycles. The Kier molecular flexibility index (Phi) is 3.14. The molecule has 1 aromatic rings. The van der Waals surface area contributed by atoms with Gasteiger partial charge in [-0.25, -0.2) is 0 Å². The van der Waals surface area contributed by atoms with Crippen molar-refractivity contribution in [3.05, 3.63) is 35.4 Å². The van der Waals surface area contributed by atoms with Crippen molar-refractivity contribution in [3.8, 4) is 0 Å².